The van der Waals surface area contributed by atoms with Gasteiger partial charge in [0.1, 0.15) is 22.8 Å². The maximum absolute atomic E-state index is 15.2. The number of pyridine rings is 1. The number of nitro benzene ring substituents is 1. The Kier molecular flexibility index (Phi) is 7.84. The van der Waals surface area contributed by atoms with Crippen LogP contribution in [0.3, 0.4) is 0 Å². The molecule has 12 nitrogen and oxygen atoms in total. The van der Waals surface area contributed by atoms with Gasteiger partial charge in [-0.1, -0.05) is 6.07 Å². The number of hydrogen-bond acceptors (Lipinski definition) is 9. The van der Waals surface area contributed by atoms with E-state index in [4.69, 9.17) is 10.5 Å². The fourth-order valence-electron chi connectivity index (χ4n) is 4.87. The van der Waals surface area contributed by atoms with Gasteiger partial charge in [-0.25, -0.2) is 22.5 Å². The smallest absolute Gasteiger partial charge is 0.273 e. The van der Waals surface area contributed by atoms with Crippen LogP contribution in [0.1, 0.15) is 35.2 Å². The number of rotatable bonds is 9. The van der Waals surface area contributed by atoms with Crippen molar-refractivity contribution < 1.29 is 27.3 Å². The van der Waals surface area contributed by atoms with E-state index in [0.717, 1.165) is 17.5 Å². The Balaban J connectivity index is 1.35. The van der Waals surface area contributed by atoms with E-state index in [1.54, 1.807) is 18.3 Å². The van der Waals surface area contributed by atoms with Crippen LogP contribution in [-0.2, 0) is 16.4 Å². The van der Waals surface area contributed by atoms with Crippen molar-refractivity contribution in [2.24, 2.45) is 0 Å². The van der Waals surface area contributed by atoms with Gasteiger partial charge in [-0.15, -0.1) is 0 Å². The molecule has 2 aromatic heterocycles. The fraction of sp³-hybridized carbons (Fsp3) is 0.286. The summed E-state index contributed by atoms with van der Waals surface area (Å²) in [5.74, 6) is -0.769. The quantitative estimate of drug-likeness (QED) is 0.144. The van der Waals surface area contributed by atoms with Crippen LogP contribution in [0.15, 0.2) is 65.8 Å². The summed E-state index contributed by atoms with van der Waals surface area (Å²) in [4.78, 5) is 33.0. The number of halogens is 1. The molecule has 220 valence electrons. The molecule has 0 unspecified atom stereocenters. The van der Waals surface area contributed by atoms with Crippen molar-refractivity contribution in [3.8, 4) is 11.5 Å². The van der Waals surface area contributed by atoms with Crippen LogP contribution in [0.4, 0.5) is 15.8 Å². The number of fused-ring (bicyclic) bond motifs is 1. The minimum atomic E-state index is -4.54. The molecule has 42 heavy (non-hydrogen) atoms. The highest BCUT2D eigenvalue weighted by Crippen LogP contribution is 2.34. The Morgan fingerprint density at radius 3 is 2.71 bits per heavy atom. The number of benzene rings is 2. The van der Waals surface area contributed by atoms with Gasteiger partial charge in [0.25, 0.3) is 21.6 Å². The molecule has 1 saturated heterocycles. The highest BCUT2D eigenvalue weighted by molar-refractivity contribution is 7.90. The minimum absolute atomic E-state index is 0.0187. The summed E-state index contributed by atoms with van der Waals surface area (Å²) >= 11 is 0. The van der Waals surface area contributed by atoms with E-state index in [0.29, 0.717) is 31.6 Å². The van der Waals surface area contributed by atoms with Crippen LogP contribution in [-0.4, -0.2) is 59.9 Å². The normalized spacial score (nSPS) is 15.4. The lowest BCUT2D eigenvalue weighted by Gasteiger charge is -2.34. The molecule has 0 spiro atoms. The molecule has 4 aromatic rings. The highest BCUT2D eigenvalue weighted by atomic mass is 32.2. The average Bonchev–Trinajstić information content (AvgIpc) is 3.41. The molecular weight excluding hydrogens is 567 g/mol. The van der Waals surface area contributed by atoms with Crippen molar-refractivity contribution >= 4 is 38.3 Å². The molecule has 1 aliphatic heterocycles. The molecule has 1 aliphatic rings. The Bertz CT molecular complexity index is 1770. The number of alkyl halides is 1. The van der Waals surface area contributed by atoms with Gasteiger partial charge in [0, 0.05) is 48.1 Å². The van der Waals surface area contributed by atoms with E-state index < -0.39 is 37.1 Å². The second kappa shape index (κ2) is 11.4. The van der Waals surface area contributed by atoms with Crippen molar-refractivity contribution in [3.63, 3.8) is 0 Å². The van der Waals surface area contributed by atoms with Gasteiger partial charge in [-0.2, -0.15) is 0 Å². The number of sulfonamides is 1. The molecule has 0 aliphatic carbocycles. The van der Waals surface area contributed by atoms with Gasteiger partial charge in [0.15, 0.2) is 0 Å². The van der Waals surface area contributed by atoms with E-state index in [2.05, 4.69) is 9.97 Å². The number of nitro groups is 1. The van der Waals surface area contributed by atoms with Crippen LogP contribution < -0.4 is 15.2 Å². The topological polar surface area (TPSA) is 174 Å². The van der Waals surface area contributed by atoms with Crippen molar-refractivity contribution in [1.29, 1.82) is 0 Å². The second-order valence-corrected chi connectivity index (χ2v) is 12.1. The molecule has 0 bridgehead atoms. The summed E-state index contributed by atoms with van der Waals surface area (Å²) in [6.45, 7) is 1.19. The van der Waals surface area contributed by atoms with Crippen LogP contribution in [0.25, 0.3) is 11.0 Å². The number of aromatic nitrogens is 2. The summed E-state index contributed by atoms with van der Waals surface area (Å²) in [5.41, 5.74) is 4.94. The third-order valence-electron chi connectivity index (χ3n) is 7.37. The number of piperidine rings is 1. The van der Waals surface area contributed by atoms with Gasteiger partial charge in [0.2, 0.25) is 0 Å². The number of ether oxygens (including phenoxy) is 1. The monoisotopic (exact) mass is 596 g/mol. The number of aromatic amines is 1. The Hall–Kier alpha value is -4.56. The third-order valence-corrected chi connectivity index (χ3v) is 8.70. The number of aryl methyl sites for hydroxylation is 1. The summed E-state index contributed by atoms with van der Waals surface area (Å²) in [6.07, 6.45) is 3.93. The summed E-state index contributed by atoms with van der Waals surface area (Å²) < 4.78 is 49.3. The molecule has 3 heterocycles. The van der Waals surface area contributed by atoms with Gasteiger partial charge >= 0.3 is 0 Å². The number of amides is 1. The Labute approximate surface area is 240 Å². The first-order valence-electron chi connectivity index (χ1n) is 13.1. The first kappa shape index (κ1) is 29.0. The molecule has 0 atom stereocenters. The van der Waals surface area contributed by atoms with Gasteiger partial charge < -0.3 is 20.4 Å². The number of nitrogens with zero attached hydrogens (tertiary/aromatic N) is 3. The second-order valence-electron chi connectivity index (χ2n) is 10.4. The van der Waals surface area contributed by atoms with Gasteiger partial charge in [-0.05, 0) is 63.1 Å². The number of H-pyrrole nitrogens is 1. The molecule has 14 heteroatoms. The molecule has 0 radical (unpaired) electrons. The van der Waals surface area contributed by atoms with E-state index in [-0.39, 0.29) is 41.2 Å². The first-order valence-corrected chi connectivity index (χ1v) is 14.6. The summed E-state index contributed by atoms with van der Waals surface area (Å²) in [7, 11) is -2.63. The number of nitrogen functional groups attached to an aromatic ring is 1. The van der Waals surface area contributed by atoms with Crippen molar-refractivity contribution in [2.75, 3.05) is 25.9 Å². The SMILES string of the molecule is CN1CCC(F)(CCc2ccc(S(=O)(=O)NC(=O)c3ccc(N)cc3Oc3cnc4[nH]ccc4c3)cc2[N+](=O)[O-])CC1. The standard InChI is InChI=1S/C28H29FN6O6S/c1-34-12-9-28(29,10-13-34)8-6-18-2-4-22(16-24(18)35(37)38)42(39,40)33-27(36)23-5-3-20(30)15-25(23)41-21-14-19-7-11-31-26(19)32-17-21/h2-5,7,11,14-17H,6,8-10,12-13,30H2,1H3,(H,31,32)(H,33,36). The zero-order valence-electron chi connectivity index (χ0n) is 22.7. The van der Waals surface area contributed by atoms with Gasteiger partial charge in [0.05, 0.1) is 21.6 Å². The summed E-state index contributed by atoms with van der Waals surface area (Å²) in [6, 6.07) is 10.9. The lowest BCUT2D eigenvalue weighted by atomic mass is 9.87. The molecule has 2 aromatic carbocycles. The third kappa shape index (κ3) is 6.34. The average molecular weight is 597 g/mol. The van der Waals surface area contributed by atoms with Gasteiger partial charge in [-0.3, -0.25) is 14.9 Å². The van der Waals surface area contributed by atoms with Crippen molar-refractivity contribution in [2.45, 2.75) is 36.2 Å². The zero-order chi connectivity index (χ0) is 30.1. The predicted octanol–water partition coefficient (Wildman–Crippen LogP) is 4.33. The number of carbonyl (C=O) groups is 1. The molecule has 1 fully saturated rings. The minimum Gasteiger partial charge on any atom is -0.455 e. The van der Waals surface area contributed by atoms with Crippen LogP contribution in [0.2, 0.25) is 0 Å². The molecule has 1 amide bonds. The van der Waals surface area contributed by atoms with Crippen LogP contribution in [0, 0.1) is 10.1 Å². The molecule has 5 rings (SSSR count). The number of carbonyl (C=O) groups excluding carboxylic acids is 1. The fourth-order valence-corrected chi connectivity index (χ4v) is 5.86. The number of likely N-dealkylation sites (tertiary alicyclic amines) is 1. The molecule has 4 N–H and O–H groups in total. The highest BCUT2D eigenvalue weighted by Gasteiger charge is 2.34. The lowest BCUT2D eigenvalue weighted by molar-refractivity contribution is -0.385. The predicted molar refractivity (Wildman–Crippen MR) is 154 cm³/mol. The van der Waals surface area contributed by atoms with E-state index >= 15 is 4.39 Å². The maximum Gasteiger partial charge on any atom is 0.273 e. The molecule has 0 saturated carbocycles. The van der Waals surface area contributed by atoms with Crippen LogP contribution in [0.5, 0.6) is 11.5 Å². The van der Waals surface area contributed by atoms with Crippen LogP contribution >= 0.6 is 0 Å². The summed E-state index contributed by atoms with van der Waals surface area (Å²) in [5, 5.41) is 12.6. The largest absolute Gasteiger partial charge is 0.455 e. The number of nitrogens with two attached hydrogens (primary N) is 1. The number of anilines is 1. The first-order chi connectivity index (χ1) is 19.9. The molecular formula is C28H29FN6O6S. The zero-order valence-corrected chi connectivity index (χ0v) is 23.5. The number of hydrogen-bond donors (Lipinski definition) is 3. The van der Waals surface area contributed by atoms with E-state index in [1.807, 2.05) is 16.7 Å². The van der Waals surface area contributed by atoms with Crippen molar-refractivity contribution in [3.05, 3.63) is 82.2 Å². The van der Waals surface area contributed by atoms with Crippen molar-refractivity contribution in [1.82, 2.24) is 19.6 Å². The van der Waals surface area contributed by atoms with E-state index in [9.17, 15) is 23.3 Å². The lowest BCUT2D eigenvalue weighted by Crippen LogP contribution is -2.40. The Morgan fingerprint density at radius 2 is 1.98 bits per heavy atom. The number of nitrogens with one attached hydrogen (secondary N) is 2. The van der Waals surface area contributed by atoms with E-state index in [1.165, 1.54) is 30.5 Å². The Morgan fingerprint density at radius 1 is 1.21 bits per heavy atom. The maximum atomic E-state index is 15.2.